The topological polar surface area (TPSA) is 75.3 Å². The molecule has 0 bridgehead atoms. The Balaban J connectivity index is 2.29. The number of hydrogen-bond acceptors (Lipinski definition) is 3. The monoisotopic (exact) mass is 280 g/mol. The number of anilines is 2. The van der Waals surface area contributed by atoms with Gasteiger partial charge in [-0.2, -0.15) is 0 Å². The molecule has 1 aliphatic carbocycles. The SMILES string of the molecule is CC1CCCC(Nc2ccc(F)c(N)c2C(=O)O)C1C. The van der Waals surface area contributed by atoms with Crippen molar-refractivity contribution in [2.45, 2.75) is 39.2 Å². The van der Waals surface area contributed by atoms with Gasteiger partial charge in [0, 0.05) is 6.04 Å². The molecule has 0 saturated heterocycles. The van der Waals surface area contributed by atoms with Crippen molar-refractivity contribution in [1.82, 2.24) is 0 Å². The number of aromatic carboxylic acids is 1. The molecule has 1 saturated carbocycles. The normalized spacial score (nSPS) is 26.2. The first-order valence-corrected chi connectivity index (χ1v) is 6.99. The Morgan fingerprint density at radius 3 is 2.75 bits per heavy atom. The average molecular weight is 280 g/mol. The number of carbonyl (C=O) groups is 1. The molecule has 3 atom stereocenters. The third-order valence-corrected chi connectivity index (χ3v) is 4.45. The van der Waals surface area contributed by atoms with Gasteiger partial charge in [-0.15, -0.1) is 0 Å². The van der Waals surface area contributed by atoms with Crippen LogP contribution in [0.4, 0.5) is 15.8 Å². The quantitative estimate of drug-likeness (QED) is 0.742. The molecule has 4 N–H and O–H groups in total. The van der Waals surface area contributed by atoms with Crippen molar-refractivity contribution in [2.75, 3.05) is 11.1 Å². The van der Waals surface area contributed by atoms with Gasteiger partial charge in [-0.1, -0.05) is 26.7 Å². The fraction of sp³-hybridized carbons (Fsp3) is 0.533. The number of nitrogen functional groups attached to an aromatic ring is 1. The highest BCUT2D eigenvalue weighted by atomic mass is 19.1. The highest BCUT2D eigenvalue weighted by molar-refractivity contribution is 6.00. The summed E-state index contributed by atoms with van der Waals surface area (Å²) in [5, 5.41) is 12.5. The third-order valence-electron chi connectivity index (χ3n) is 4.45. The predicted octanol–water partition coefficient (Wildman–Crippen LogP) is 3.34. The zero-order valence-electron chi connectivity index (χ0n) is 11.8. The molecule has 20 heavy (non-hydrogen) atoms. The smallest absolute Gasteiger partial charge is 0.340 e. The summed E-state index contributed by atoms with van der Waals surface area (Å²) in [5.74, 6) is -0.872. The molecule has 1 aromatic rings. The number of nitrogens with one attached hydrogen (secondary N) is 1. The largest absolute Gasteiger partial charge is 0.478 e. The highest BCUT2D eigenvalue weighted by Gasteiger charge is 2.28. The van der Waals surface area contributed by atoms with Crippen molar-refractivity contribution >= 4 is 17.3 Å². The van der Waals surface area contributed by atoms with E-state index in [1.165, 1.54) is 18.6 Å². The van der Waals surface area contributed by atoms with E-state index in [4.69, 9.17) is 5.73 Å². The van der Waals surface area contributed by atoms with Gasteiger partial charge >= 0.3 is 5.97 Å². The summed E-state index contributed by atoms with van der Waals surface area (Å²) in [6.07, 6.45) is 3.29. The molecular formula is C15H21FN2O2. The van der Waals surface area contributed by atoms with Crippen molar-refractivity contribution < 1.29 is 14.3 Å². The van der Waals surface area contributed by atoms with Gasteiger partial charge in [0.1, 0.15) is 11.4 Å². The Morgan fingerprint density at radius 2 is 2.10 bits per heavy atom. The molecule has 0 radical (unpaired) electrons. The highest BCUT2D eigenvalue weighted by Crippen LogP contribution is 2.33. The van der Waals surface area contributed by atoms with E-state index >= 15 is 0 Å². The summed E-state index contributed by atoms with van der Waals surface area (Å²) in [4.78, 5) is 11.3. The standard InChI is InChI=1S/C15H21FN2O2/c1-8-4-3-5-11(9(8)2)18-12-7-6-10(16)14(17)13(12)15(19)20/h6-9,11,18H,3-5,17H2,1-2H3,(H,19,20). The molecule has 110 valence electrons. The van der Waals surface area contributed by atoms with E-state index in [9.17, 15) is 14.3 Å². The van der Waals surface area contributed by atoms with E-state index < -0.39 is 11.8 Å². The van der Waals surface area contributed by atoms with Crippen molar-refractivity contribution in [3.8, 4) is 0 Å². The summed E-state index contributed by atoms with van der Waals surface area (Å²) in [5.41, 5.74) is 5.48. The summed E-state index contributed by atoms with van der Waals surface area (Å²) in [7, 11) is 0. The van der Waals surface area contributed by atoms with Gasteiger partial charge in [-0.25, -0.2) is 9.18 Å². The number of hydrogen-bond donors (Lipinski definition) is 3. The molecule has 2 rings (SSSR count). The van der Waals surface area contributed by atoms with E-state index in [1.807, 2.05) is 0 Å². The van der Waals surface area contributed by atoms with E-state index in [2.05, 4.69) is 19.2 Å². The van der Waals surface area contributed by atoms with E-state index in [-0.39, 0.29) is 17.3 Å². The van der Waals surface area contributed by atoms with Gasteiger partial charge in [-0.3, -0.25) is 0 Å². The Hall–Kier alpha value is -1.78. The molecule has 0 amide bonds. The number of carboxylic acid groups (broad SMARTS) is 1. The van der Waals surface area contributed by atoms with Gasteiger partial charge in [0.25, 0.3) is 0 Å². The Bertz CT molecular complexity index is 519. The van der Waals surface area contributed by atoms with Crippen LogP contribution in [0.3, 0.4) is 0 Å². The number of rotatable bonds is 3. The molecule has 0 aliphatic heterocycles. The van der Waals surface area contributed by atoms with Gasteiger partial charge in [0.05, 0.1) is 11.4 Å². The lowest BCUT2D eigenvalue weighted by molar-refractivity contribution is 0.0698. The predicted molar refractivity (Wildman–Crippen MR) is 77.4 cm³/mol. The van der Waals surface area contributed by atoms with Crippen molar-refractivity contribution in [2.24, 2.45) is 11.8 Å². The van der Waals surface area contributed by atoms with Crippen molar-refractivity contribution in [3.05, 3.63) is 23.5 Å². The summed E-state index contributed by atoms with van der Waals surface area (Å²) in [6.45, 7) is 4.37. The van der Waals surface area contributed by atoms with Gasteiger partial charge in [0.2, 0.25) is 0 Å². The molecule has 1 aromatic carbocycles. The van der Waals surface area contributed by atoms with E-state index in [1.54, 1.807) is 0 Å². The van der Waals surface area contributed by atoms with Crippen LogP contribution in [0.1, 0.15) is 43.5 Å². The first-order chi connectivity index (χ1) is 9.41. The lowest BCUT2D eigenvalue weighted by Gasteiger charge is -2.35. The van der Waals surface area contributed by atoms with E-state index in [0.717, 1.165) is 12.8 Å². The Labute approximate surface area is 118 Å². The number of benzene rings is 1. The van der Waals surface area contributed by atoms with Crippen LogP contribution in [-0.2, 0) is 0 Å². The molecule has 4 nitrogen and oxygen atoms in total. The van der Waals surface area contributed by atoms with Crippen LogP contribution in [0.25, 0.3) is 0 Å². The number of halogens is 1. The number of nitrogens with two attached hydrogens (primary N) is 1. The summed E-state index contributed by atoms with van der Waals surface area (Å²) in [6, 6.07) is 2.86. The second-order valence-electron chi connectivity index (χ2n) is 5.71. The molecule has 1 fully saturated rings. The van der Waals surface area contributed by atoms with Crippen LogP contribution in [-0.4, -0.2) is 17.1 Å². The second-order valence-corrected chi connectivity index (χ2v) is 5.71. The lowest BCUT2D eigenvalue weighted by Crippen LogP contribution is -2.35. The van der Waals surface area contributed by atoms with Gasteiger partial charge < -0.3 is 16.2 Å². The first kappa shape index (κ1) is 14.6. The van der Waals surface area contributed by atoms with Crippen LogP contribution in [0.15, 0.2) is 12.1 Å². The van der Waals surface area contributed by atoms with Crippen LogP contribution in [0.2, 0.25) is 0 Å². The zero-order chi connectivity index (χ0) is 14.9. The van der Waals surface area contributed by atoms with Crippen LogP contribution < -0.4 is 11.1 Å². The minimum absolute atomic E-state index is 0.171. The molecule has 5 heteroatoms. The fourth-order valence-corrected chi connectivity index (χ4v) is 2.93. The zero-order valence-corrected chi connectivity index (χ0v) is 11.8. The molecule has 0 aromatic heterocycles. The maximum Gasteiger partial charge on any atom is 0.340 e. The molecule has 0 spiro atoms. The Kier molecular flexibility index (Phi) is 4.16. The van der Waals surface area contributed by atoms with Crippen molar-refractivity contribution in [1.29, 1.82) is 0 Å². The van der Waals surface area contributed by atoms with Gasteiger partial charge in [0.15, 0.2) is 0 Å². The van der Waals surface area contributed by atoms with E-state index in [0.29, 0.717) is 17.5 Å². The van der Waals surface area contributed by atoms with Crippen LogP contribution in [0, 0.1) is 17.7 Å². The van der Waals surface area contributed by atoms with Crippen LogP contribution >= 0.6 is 0 Å². The third kappa shape index (κ3) is 2.71. The van der Waals surface area contributed by atoms with Crippen molar-refractivity contribution in [3.63, 3.8) is 0 Å². The fourth-order valence-electron chi connectivity index (χ4n) is 2.93. The first-order valence-electron chi connectivity index (χ1n) is 6.99. The summed E-state index contributed by atoms with van der Waals surface area (Å²) >= 11 is 0. The lowest BCUT2D eigenvalue weighted by atomic mass is 9.78. The molecule has 1 aliphatic rings. The molecular weight excluding hydrogens is 259 g/mol. The average Bonchev–Trinajstić information content (AvgIpc) is 2.39. The molecule has 3 unspecified atom stereocenters. The van der Waals surface area contributed by atoms with Crippen LogP contribution in [0.5, 0.6) is 0 Å². The maximum atomic E-state index is 13.4. The number of carboxylic acids is 1. The summed E-state index contributed by atoms with van der Waals surface area (Å²) < 4.78 is 13.4. The Morgan fingerprint density at radius 1 is 1.40 bits per heavy atom. The maximum absolute atomic E-state index is 13.4. The second kappa shape index (κ2) is 5.69. The molecule has 0 heterocycles. The minimum Gasteiger partial charge on any atom is -0.478 e. The van der Waals surface area contributed by atoms with Gasteiger partial charge in [-0.05, 0) is 30.4 Å². The minimum atomic E-state index is -1.21.